The number of esters is 1. The highest BCUT2D eigenvalue weighted by atomic mass is 35.5. The van der Waals surface area contributed by atoms with Gasteiger partial charge in [0.2, 0.25) is 0 Å². The molecule has 1 saturated heterocycles. The molecule has 1 fully saturated rings. The van der Waals surface area contributed by atoms with E-state index in [-0.39, 0.29) is 11.3 Å². The molecule has 3 rings (SSSR count). The normalized spacial score (nSPS) is 20.0. The molecule has 6 heteroatoms. The van der Waals surface area contributed by atoms with Gasteiger partial charge in [0, 0.05) is 16.3 Å². The Kier molecular flexibility index (Phi) is 5.11. The summed E-state index contributed by atoms with van der Waals surface area (Å²) in [5, 5.41) is 0.381. The third-order valence-electron chi connectivity index (χ3n) is 3.88. The molecule has 0 N–H and O–H groups in total. The summed E-state index contributed by atoms with van der Waals surface area (Å²) in [6, 6.07) is 15.7. The van der Waals surface area contributed by atoms with Crippen LogP contribution in [0.5, 0.6) is 0 Å². The predicted molar refractivity (Wildman–Crippen MR) is 95.1 cm³/mol. The summed E-state index contributed by atoms with van der Waals surface area (Å²) in [7, 11) is 1.34. The van der Waals surface area contributed by atoms with E-state index in [1.54, 1.807) is 53.1 Å². The van der Waals surface area contributed by atoms with Crippen LogP contribution in [0.4, 0.5) is 0 Å². The van der Waals surface area contributed by atoms with Crippen LogP contribution < -0.4 is 0 Å². The Bertz CT molecular complexity index is 736. The van der Waals surface area contributed by atoms with E-state index in [0.29, 0.717) is 16.3 Å². The minimum absolute atomic E-state index is 0.184. The summed E-state index contributed by atoms with van der Waals surface area (Å²) in [5.41, 5.74) is 1.48. The molecule has 24 heavy (non-hydrogen) atoms. The second-order valence-electron chi connectivity index (χ2n) is 5.35. The van der Waals surface area contributed by atoms with Crippen LogP contribution in [0.25, 0.3) is 0 Å². The molecule has 0 aromatic heterocycles. The van der Waals surface area contributed by atoms with Gasteiger partial charge in [0.25, 0.3) is 5.91 Å². The van der Waals surface area contributed by atoms with Crippen molar-refractivity contribution in [3.05, 3.63) is 70.7 Å². The molecule has 124 valence electrons. The molecule has 4 nitrogen and oxygen atoms in total. The fourth-order valence-corrected chi connectivity index (χ4v) is 4.23. The van der Waals surface area contributed by atoms with E-state index in [4.69, 9.17) is 16.3 Å². The lowest BCUT2D eigenvalue weighted by Crippen LogP contribution is -2.43. The number of ether oxygens (including phenoxy) is 1. The Balaban J connectivity index is 1.97. The highest BCUT2D eigenvalue weighted by Gasteiger charge is 2.43. The number of hydrogen-bond donors (Lipinski definition) is 0. The molecule has 0 spiro atoms. The van der Waals surface area contributed by atoms with E-state index >= 15 is 0 Å². The highest BCUT2D eigenvalue weighted by Crippen LogP contribution is 2.42. The van der Waals surface area contributed by atoms with Gasteiger partial charge in [-0.25, -0.2) is 4.79 Å². The van der Waals surface area contributed by atoms with Gasteiger partial charge >= 0.3 is 5.97 Å². The second-order valence-corrected chi connectivity index (χ2v) is 6.90. The Morgan fingerprint density at radius 2 is 1.79 bits per heavy atom. The minimum Gasteiger partial charge on any atom is -0.467 e. The lowest BCUT2D eigenvalue weighted by Gasteiger charge is -2.28. The zero-order valence-corrected chi connectivity index (χ0v) is 14.6. The number of hydrogen-bond acceptors (Lipinski definition) is 4. The van der Waals surface area contributed by atoms with E-state index in [0.717, 1.165) is 5.56 Å². The van der Waals surface area contributed by atoms with Gasteiger partial charge in [0.05, 0.1) is 7.11 Å². The first-order valence-corrected chi connectivity index (χ1v) is 8.87. The summed E-state index contributed by atoms with van der Waals surface area (Å²) >= 11 is 7.50. The maximum absolute atomic E-state index is 13.0. The number of thioether (sulfide) groups is 1. The number of halogens is 1. The third-order valence-corrected chi connectivity index (χ3v) is 5.46. The van der Waals surface area contributed by atoms with Gasteiger partial charge in [-0.05, 0) is 29.8 Å². The van der Waals surface area contributed by atoms with Gasteiger partial charge in [-0.3, -0.25) is 4.79 Å². The maximum Gasteiger partial charge on any atom is 0.329 e. The van der Waals surface area contributed by atoms with Crippen molar-refractivity contribution in [3.63, 3.8) is 0 Å². The fraction of sp³-hybridized carbons (Fsp3) is 0.222. The number of rotatable bonds is 3. The van der Waals surface area contributed by atoms with Crippen molar-refractivity contribution in [3.8, 4) is 0 Å². The molecule has 0 radical (unpaired) electrons. The molecule has 1 aliphatic heterocycles. The molecular weight excluding hydrogens is 346 g/mol. The van der Waals surface area contributed by atoms with Crippen molar-refractivity contribution < 1.29 is 14.3 Å². The zero-order chi connectivity index (χ0) is 17.1. The predicted octanol–water partition coefficient (Wildman–Crippen LogP) is 3.77. The number of benzene rings is 2. The molecule has 2 aromatic carbocycles. The van der Waals surface area contributed by atoms with Gasteiger partial charge in [-0.15, -0.1) is 11.8 Å². The van der Waals surface area contributed by atoms with Crippen molar-refractivity contribution in [1.29, 1.82) is 0 Å². The van der Waals surface area contributed by atoms with E-state index < -0.39 is 12.0 Å². The topological polar surface area (TPSA) is 46.6 Å². The number of nitrogens with zero attached hydrogens (tertiary/aromatic N) is 1. The Morgan fingerprint density at radius 3 is 2.42 bits per heavy atom. The first-order chi connectivity index (χ1) is 11.6. The molecule has 0 saturated carbocycles. The standard InChI is InChI=1S/C18H16ClNO3S/c1-23-18(22)15-11-24-17(13-7-9-14(19)10-8-13)20(15)16(21)12-5-3-2-4-6-12/h2-10,15,17H,11H2,1H3/t15-,17-/m0/s1. The summed E-state index contributed by atoms with van der Waals surface area (Å²) in [4.78, 5) is 26.8. The molecule has 0 aliphatic carbocycles. The number of amides is 1. The van der Waals surface area contributed by atoms with Crippen LogP contribution in [-0.4, -0.2) is 35.7 Å². The summed E-state index contributed by atoms with van der Waals surface area (Å²) < 4.78 is 4.89. The molecular formula is C18H16ClNO3S. The minimum atomic E-state index is -0.603. The van der Waals surface area contributed by atoms with E-state index in [1.165, 1.54) is 7.11 Å². The van der Waals surface area contributed by atoms with Gasteiger partial charge in [0.1, 0.15) is 11.4 Å². The quantitative estimate of drug-likeness (QED) is 0.781. The molecule has 1 heterocycles. The molecule has 1 aliphatic rings. The van der Waals surface area contributed by atoms with Gasteiger partial charge in [-0.1, -0.05) is 41.9 Å². The van der Waals surface area contributed by atoms with Crippen LogP contribution in [0.2, 0.25) is 5.02 Å². The molecule has 1 amide bonds. The SMILES string of the molecule is COC(=O)[C@@H]1CS[C@@H](c2ccc(Cl)cc2)N1C(=O)c1ccccc1. The van der Waals surface area contributed by atoms with Crippen molar-refractivity contribution in [2.24, 2.45) is 0 Å². The summed E-state index contributed by atoms with van der Waals surface area (Å²) in [5.74, 6) is -0.0855. The van der Waals surface area contributed by atoms with E-state index in [9.17, 15) is 9.59 Å². The molecule has 0 bridgehead atoms. The average Bonchev–Trinajstić information content (AvgIpc) is 3.06. The largest absolute Gasteiger partial charge is 0.467 e. The Labute approximate surface area is 149 Å². The fourth-order valence-electron chi connectivity index (χ4n) is 2.69. The van der Waals surface area contributed by atoms with Crippen LogP contribution in [0.3, 0.4) is 0 Å². The van der Waals surface area contributed by atoms with Crippen LogP contribution >= 0.6 is 23.4 Å². The number of carbonyl (C=O) groups is 2. The number of carbonyl (C=O) groups excluding carboxylic acids is 2. The van der Waals surface area contributed by atoms with Crippen molar-refractivity contribution in [2.45, 2.75) is 11.4 Å². The van der Waals surface area contributed by atoms with Crippen LogP contribution in [0.1, 0.15) is 21.3 Å². The zero-order valence-electron chi connectivity index (χ0n) is 13.0. The third kappa shape index (κ3) is 3.28. The monoisotopic (exact) mass is 361 g/mol. The first-order valence-electron chi connectivity index (χ1n) is 7.44. The molecule has 0 unspecified atom stereocenters. The summed E-state index contributed by atoms with van der Waals surface area (Å²) in [6.45, 7) is 0. The van der Waals surface area contributed by atoms with E-state index in [1.807, 2.05) is 18.2 Å². The van der Waals surface area contributed by atoms with Crippen LogP contribution in [0, 0.1) is 0 Å². The van der Waals surface area contributed by atoms with Crippen molar-refractivity contribution in [1.82, 2.24) is 4.90 Å². The maximum atomic E-state index is 13.0. The summed E-state index contributed by atoms with van der Waals surface area (Å²) in [6.07, 6.45) is 0. The van der Waals surface area contributed by atoms with Crippen molar-refractivity contribution in [2.75, 3.05) is 12.9 Å². The lowest BCUT2D eigenvalue weighted by molar-refractivity contribution is -0.145. The van der Waals surface area contributed by atoms with Crippen molar-refractivity contribution >= 4 is 35.2 Å². The number of methoxy groups -OCH3 is 1. The Morgan fingerprint density at radius 1 is 1.12 bits per heavy atom. The first kappa shape index (κ1) is 16.9. The van der Waals surface area contributed by atoms with Crippen LogP contribution in [0.15, 0.2) is 54.6 Å². The van der Waals surface area contributed by atoms with Crippen LogP contribution in [-0.2, 0) is 9.53 Å². The second kappa shape index (κ2) is 7.28. The van der Waals surface area contributed by atoms with Gasteiger partial charge < -0.3 is 9.64 Å². The molecule has 2 aromatic rings. The van der Waals surface area contributed by atoms with Gasteiger partial charge in [-0.2, -0.15) is 0 Å². The van der Waals surface area contributed by atoms with Gasteiger partial charge in [0.15, 0.2) is 0 Å². The Hall–Kier alpha value is -1.98. The van der Waals surface area contributed by atoms with E-state index in [2.05, 4.69) is 0 Å². The highest BCUT2D eigenvalue weighted by molar-refractivity contribution is 7.99. The smallest absolute Gasteiger partial charge is 0.329 e. The lowest BCUT2D eigenvalue weighted by atomic mass is 10.1. The average molecular weight is 362 g/mol. The molecule has 2 atom stereocenters.